The van der Waals surface area contributed by atoms with Crippen molar-refractivity contribution in [2.24, 2.45) is 4.99 Å². The first-order valence-electron chi connectivity index (χ1n) is 7.74. The highest BCUT2D eigenvalue weighted by molar-refractivity contribution is 6.65. The summed E-state index contributed by atoms with van der Waals surface area (Å²) in [6.45, 7) is 8.25. The lowest BCUT2D eigenvalue weighted by atomic mass is 10.4. The molecule has 1 aromatic rings. The highest BCUT2D eigenvalue weighted by atomic mass is 28.4. The maximum absolute atomic E-state index is 6.04. The van der Waals surface area contributed by atoms with Crippen LogP contribution < -0.4 is 0 Å². The highest BCUT2D eigenvalue weighted by Gasteiger charge is 2.48. The van der Waals surface area contributed by atoms with Crippen LogP contribution in [-0.4, -0.2) is 57.3 Å². The summed E-state index contributed by atoms with van der Waals surface area (Å²) in [5.74, 6) is 0. The molecule has 0 bridgehead atoms. The first-order chi connectivity index (χ1) is 10.3. The maximum Gasteiger partial charge on any atom is 0.427 e. The summed E-state index contributed by atoms with van der Waals surface area (Å²) in [6, 6.07) is 6.90. The van der Waals surface area contributed by atoms with Gasteiger partial charge in [-0.05, 0) is 38.9 Å². The highest BCUT2D eigenvalue weighted by Crippen LogP contribution is 2.27. The van der Waals surface area contributed by atoms with Gasteiger partial charge in [0.25, 0.3) is 0 Å². The van der Waals surface area contributed by atoms with Crippen LogP contribution in [0, 0.1) is 0 Å². The summed E-state index contributed by atoms with van der Waals surface area (Å²) in [5.41, 5.74) is 0.900. The lowest BCUT2D eigenvalue weighted by molar-refractivity contribution is 0.138. The maximum atomic E-state index is 6.04. The summed E-state index contributed by atoms with van der Waals surface area (Å²) in [4.78, 5) is 8.70. The van der Waals surface area contributed by atoms with Crippen molar-refractivity contribution in [1.29, 1.82) is 0 Å². The van der Waals surface area contributed by atoms with Crippen molar-refractivity contribution in [3.63, 3.8) is 0 Å². The van der Waals surface area contributed by atoms with Crippen molar-refractivity contribution in [2.75, 3.05) is 32.8 Å². The van der Waals surface area contributed by atoms with Crippen LogP contribution in [-0.2, 0) is 8.85 Å². The number of hydrogen-bond acceptors (Lipinski definition) is 5. The molecule has 1 saturated heterocycles. The van der Waals surface area contributed by atoms with Crippen molar-refractivity contribution in [1.82, 2.24) is 9.55 Å². The van der Waals surface area contributed by atoms with E-state index in [1.54, 1.807) is 6.20 Å². The fraction of sp³-hybridized carbons (Fsp3) is 0.600. The Kier molecular flexibility index (Phi) is 6.50. The van der Waals surface area contributed by atoms with Crippen LogP contribution in [0.15, 0.2) is 29.4 Å². The molecule has 1 aliphatic rings. The zero-order chi connectivity index (χ0) is 15.0. The number of aliphatic imine (C=N–C) groups is 1. The first kappa shape index (κ1) is 16.3. The molecule has 116 valence electrons. The monoisotopic (exact) mass is 307 g/mol. The molecule has 5 nitrogen and oxygen atoms in total. The van der Waals surface area contributed by atoms with Gasteiger partial charge in [0, 0.05) is 38.2 Å². The second kappa shape index (κ2) is 8.38. The molecule has 1 fully saturated rings. The summed E-state index contributed by atoms with van der Waals surface area (Å²) < 4.78 is 14.5. The summed E-state index contributed by atoms with van der Waals surface area (Å²) >= 11 is 0. The fourth-order valence-corrected chi connectivity index (χ4v) is 6.21. The third-order valence-corrected chi connectivity index (χ3v) is 7.43. The predicted molar refractivity (Wildman–Crippen MR) is 86.7 cm³/mol. The molecular formula is C15H25N3O2Si. The van der Waals surface area contributed by atoms with Gasteiger partial charge in [0.05, 0.1) is 12.2 Å². The van der Waals surface area contributed by atoms with Crippen LogP contribution in [0.2, 0.25) is 6.04 Å². The third kappa shape index (κ3) is 4.44. The van der Waals surface area contributed by atoms with E-state index in [1.165, 1.54) is 0 Å². The predicted octanol–water partition coefficient (Wildman–Crippen LogP) is 2.22. The van der Waals surface area contributed by atoms with Crippen molar-refractivity contribution in [2.45, 2.75) is 26.3 Å². The average molecular weight is 307 g/mol. The molecule has 0 N–H and O–H groups in total. The summed E-state index contributed by atoms with van der Waals surface area (Å²) in [5, 5.41) is 0. The van der Waals surface area contributed by atoms with Gasteiger partial charge in [-0.1, -0.05) is 6.07 Å². The average Bonchev–Trinajstić information content (AvgIpc) is 2.88. The van der Waals surface area contributed by atoms with E-state index in [4.69, 9.17) is 8.85 Å². The zero-order valence-electron chi connectivity index (χ0n) is 13.0. The van der Waals surface area contributed by atoms with Crippen molar-refractivity contribution in [3.8, 4) is 0 Å². The molecule has 0 radical (unpaired) electrons. The normalized spacial score (nSPS) is 18.6. The van der Waals surface area contributed by atoms with Crippen molar-refractivity contribution in [3.05, 3.63) is 30.1 Å². The van der Waals surface area contributed by atoms with E-state index in [1.807, 2.05) is 38.3 Å². The molecule has 0 unspecified atom stereocenters. The molecule has 0 aromatic carbocycles. The molecule has 1 aliphatic heterocycles. The minimum absolute atomic E-state index is 0.722. The lowest BCUT2D eigenvalue weighted by Crippen LogP contribution is -2.55. The van der Waals surface area contributed by atoms with Crippen molar-refractivity contribution >= 4 is 14.9 Å². The summed E-state index contributed by atoms with van der Waals surface area (Å²) in [7, 11) is -2.15. The number of hydrogen-bond donors (Lipinski definition) is 0. The topological polar surface area (TPSA) is 47.0 Å². The van der Waals surface area contributed by atoms with Gasteiger partial charge in [-0.15, -0.1) is 0 Å². The van der Waals surface area contributed by atoms with Gasteiger partial charge >= 0.3 is 8.72 Å². The Bertz CT molecular complexity index is 436. The minimum atomic E-state index is -2.15. The molecule has 0 saturated carbocycles. The zero-order valence-corrected chi connectivity index (χ0v) is 14.0. The largest absolute Gasteiger partial charge is 0.427 e. The SMILES string of the molecule is CCO[Si]1(OCC)CCCN1CCN=Cc1ccccn1. The number of nitrogens with zero attached hydrogens (tertiary/aromatic N) is 3. The second-order valence-electron chi connectivity index (χ2n) is 4.96. The Balaban J connectivity index is 1.87. The third-order valence-electron chi connectivity index (χ3n) is 3.55. The van der Waals surface area contributed by atoms with Crippen LogP contribution in [0.4, 0.5) is 0 Å². The van der Waals surface area contributed by atoms with E-state index >= 15 is 0 Å². The molecule has 21 heavy (non-hydrogen) atoms. The van der Waals surface area contributed by atoms with Gasteiger partial charge in [0.1, 0.15) is 0 Å². The summed E-state index contributed by atoms with van der Waals surface area (Å²) in [6.07, 6.45) is 4.78. The van der Waals surface area contributed by atoms with E-state index in [-0.39, 0.29) is 0 Å². The molecule has 6 heteroatoms. The Hall–Kier alpha value is -1.08. The van der Waals surface area contributed by atoms with Gasteiger partial charge < -0.3 is 8.85 Å². The van der Waals surface area contributed by atoms with Gasteiger partial charge in [-0.3, -0.25) is 14.5 Å². The van der Waals surface area contributed by atoms with Crippen LogP contribution in [0.25, 0.3) is 0 Å². The molecule has 0 atom stereocenters. The second-order valence-corrected chi connectivity index (χ2v) is 8.09. The van der Waals surface area contributed by atoms with Gasteiger partial charge in [0.2, 0.25) is 0 Å². The molecular weight excluding hydrogens is 282 g/mol. The van der Waals surface area contributed by atoms with Crippen LogP contribution in [0.1, 0.15) is 26.0 Å². The Morgan fingerprint density at radius 1 is 1.33 bits per heavy atom. The van der Waals surface area contributed by atoms with Gasteiger partial charge in [-0.2, -0.15) is 0 Å². The van der Waals surface area contributed by atoms with Crippen molar-refractivity contribution < 1.29 is 8.85 Å². The first-order valence-corrected chi connectivity index (χ1v) is 9.71. The smallest absolute Gasteiger partial charge is 0.383 e. The van der Waals surface area contributed by atoms with Gasteiger partial charge in [0.15, 0.2) is 0 Å². The van der Waals surface area contributed by atoms with E-state index in [0.717, 1.165) is 51.0 Å². The Labute approximate surface area is 128 Å². The lowest BCUT2D eigenvalue weighted by Gasteiger charge is -2.33. The van der Waals surface area contributed by atoms with E-state index in [0.29, 0.717) is 0 Å². The van der Waals surface area contributed by atoms with E-state index in [9.17, 15) is 0 Å². The van der Waals surface area contributed by atoms with E-state index < -0.39 is 8.72 Å². The molecule has 2 rings (SSSR count). The molecule has 1 aromatic heterocycles. The Morgan fingerprint density at radius 3 is 2.81 bits per heavy atom. The Morgan fingerprint density at radius 2 is 2.14 bits per heavy atom. The number of rotatable bonds is 8. The van der Waals surface area contributed by atoms with Crippen LogP contribution >= 0.6 is 0 Å². The standard InChI is InChI=1S/C15H25N3O2Si/c1-3-19-21(20-4-2)13-7-11-18(21)12-10-16-14-15-8-5-6-9-17-15/h5-6,8-9,14H,3-4,7,10-13H2,1-2H3. The molecule has 0 spiro atoms. The molecule has 0 amide bonds. The molecule has 0 aliphatic carbocycles. The van der Waals surface area contributed by atoms with E-state index in [2.05, 4.69) is 14.5 Å². The number of aromatic nitrogens is 1. The quantitative estimate of drug-likeness (QED) is 0.546. The number of pyridine rings is 1. The van der Waals surface area contributed by atoms with Gasteiger partial charge in [-0.25, -0.2) is 0 Å². The fourth-order valence-electron chi connectivity index (χ4n) is 2.71. The van der Waals surface area contributed by atoms with Crippen LogP contribution in [0.5, 0.6) is 0 Å². The molecule has 2 heterocycles. The van der Waals surface area contributed by atoms with Crippen LogP contribution in [0.3, 0.4) is 0 Å². The minimum Gasteiger partial charge on any atom is -0.383 e.